The fourth-order valence-electron chi connectivity index (χ4n) is 1.28. The normalized spacial score (nSPS) is 9.85. The van der Waals surface area contributed by atoms with E-state index >= 15 is 0 Å². The van der Waals surface area contributed by atoms with Crippen LogP contribution in [0.15, 0.2) is 18.2 Å². The van der Waals surface area contributed by atoms with Gasteiger partial charge in [-0.25, -0.2) is 0 Å². The molecule has 1 aromatic carbocycles. The molecular formula is C10H12NO2-. The van der Waals surface area contributed by atoms with E-state index in [9.17, 15) is 10.0 Å². The number of benzene rings is 1. The van der Waals surface area contributed by atoms with Gasteiger partial charge in [0.15, 0.2) is 0 Å². The smallest absolute Gasteiger partial charge is 0.213 e. The lowest BCUT2D eigenvalue weighted by Crippen LogP contribution is -2.22. The number of anilines is 1. The minimum Gasteiger partial charge on any atom is -0.752 e. The molecule has 0 bridgehead atoms. The summed E-state index contributed by atoms with van der Waals surface area (Å²) in [6, 6.07) is 5.49. The van der Waals surface area contributed by atoms with Gasteiger partial charge in [0.2, 0.25) is 5.91 Å². The molecule has 1 amide bonds. The molecule has 0 aliphatic rings. The van der Waals surface area contributed by atoms with Crippen LogP contribution in [0.5, 0.6) is 0 Å². The van der Waals surface area contributed by atoms with Gasteiger partial charge in [-0.15, -0.1) is 0 Å². The van der Waals surface area contributed by atoms with Crippen LogP contribution in [0.1, 0.15) is 18.1 Å². The summed E-state index contributed by atoms with van der Waals surface area (Å²) < 4.78 is 0. The Morgan fingerprint density at radius 3 is 2.15 bits per heavy atom. The summed E-state index contributed by atoms with van der Waals surface area (Å²) in [7, 11) is 0. The predicted octanol–water partition coefficient (Wildman–Crippen LogP) is 2.15. The summed E-state index contributed by atoms with van der Waals surface area (Å²) in [5.41, 5.74) is 2.12. The maximum Gasteiger partial charge on any atom is 0.213 e. The van der Waals surface area contributed by atoms with Gasteiger partial charge in [-0.3, -0.25) is 4.79 Å². The number of carbonyl (C=O) groups excluding carboxylic acids is 1. The van der Waals surface area contributed by atoms with E-state index in [4.69, 9.17) is 0 Å². The second kappa shape index (κ2) is 3.58. The number of para-hydroxylation sites is 1. The Kier molecular flexibility index (Phi) is 2.68. The van der Waals surface area contributed by atoms with Crippen LogP contribution in [0.2, 0.25) is 0 Å². The van der Waals surface area contributed by atoms with E-state index in [1.807, 2.05) is 32.0 Å². The molecule has 0 radical (unpaired) electrons. The van der Waals surface area contributed by atoms with Crippen LogP contribution in [-0.2, 0) is 4.79 Å². The van der Waals surface area contributed by atoms with Crippen LogP contribution in [0.25, 0.3) is 0 Å². The summed E-state index contributed by atoms with van der Waals surface area (Å²) in [6.45, 7) is 4.89. The number of rotatable bonds is 1. The van der Waals surface area contributed by atoms with E-state index in [2.05, 4.69) is 0 Å². The van der Waals surface area contributed by atoms with Gasteiger partial charge in [0.05, 0.1) is 0 Å². The van der Waals surface area contributed by atoms with Gasteiger partial charge in [-0.05, 0) is 25.0 Å². The van der Waals surface area contributed by atoms with Crippen molar-refractivity contribution in [1.29, 1.82) is 0 Å². The first-order valence-corrected chi connectivity index (χ1v) is 4.08. The molecule has 0 heterocycles. The fraction of sp³-hybridized carbons (Fsp3) is 0.300. The third-order valence-corrected chi connectivity index (χ3v) is 1.93. The van der Waals surface area contributed by atoms with E-state index in [-0.39, 0.29) is 0 Å². The van der Waals surface area contributed by atoms with E-state index < -0.39 is 5.91 Å². The molecule has 0 spiro atoms. The maximum absolute atomic E-state index is 11.4. The average Bonchev–Trinajstić information content (AvgIpc) is 2.03. The molecule has 0 unspecified atom stereocenters. The summed E-state index contributed by atoms with van der Waals surface area (Å²) in [6.07, 6.45) is 0. The second-order valence-corrected chi connectivity index (χ2v) is 3.05. The number of aryl methyl sites for hydroxylation is 2. The maximum atomic E-state index is 11.4. The zero-order valence-corrected chi connectivity index (χ0v) is 8.00. The molecule has 0 atom stereocenters. The van der Waals surface area contributed by atoms with Crippen molar-refractivity contribution >= 4 is 11.6 Å². The molecule has 3 nitrogen and oxygen atoms in total. The Morgan fingerprint density at radius 2 is 1.77 bits per heavy atom. The number of hydrogen-bond acceptors (Lipinski definition) is 2. The van der Waals surface area contributed by atoms with E-state index in [0.29, 0.717) is 10.8 Å². The molecule has 0 aliphatic carbocycles. The topological polar surface area (TPSA) is 43.4 Å². The third-order valence-electron chi connectivity index (χ3n) is 1.93. The Balaban J connectivity index is 3.20. The fourth-order valence-corrected chi connectivity index (χ4v) is 1.28. The molecular weight excluding hydrogens is 166 g/mol. The molecule has 13 heavy (non-hydrogen) atoms. The number of hydroxylamine groups is 1. The quantitative estimate of drug-likeness (QED) is 0.618. The first-order valence-electron chi connectivity index (χ1n) is 4.08. The van der Waals surface area contributed by atoms with E-state index in [1.165, 1.54) is 6.92 Å². The molecule has 0 saturated heterocycles. The number of carbonyl (C=O) groups is 1. The largest absolute Gasteiger partial charge is 0.752 e. The number of nitrogens with zero attached hydrogens (tertiary/aromatic N) is 1. The highest BCUT2D eigenvalue weighted by atomic mass is 16.5. The molecule has 1 rings (SSSR count). The minimum atomic E-state index is -0.489. The zero-order chi connectivity index (χ0) is 10.0. The summed E-state index contributed by atoms with van der Waals surface area (Å²) >= 11 is 0. The lowest BCUT2D eigenvalue weighted by molar-refractivity contribution is -0.116. The Labute approximate surface area is 77.6 Å². The van der Waals surface area contributed by atoms with Crippen molar-refractivity contribution in [2.45, 2.75) is 20.8 Å². The minimum absolute atomic E-state index is 0.435. The van der Waals surface area contributed by atoms with Gasteiger partial charge >= 0.3 is 0 Å². The van der Waals surface area contributed by atoms with Gasteiger partial charge in [-0.2, -0.15) is 0 Å². The lowest BCUT2D eigenvalue weighted by Gasteiger charge is -2.30. The molecule has 0 fully saturated rings. The molecule has 0 saturated carbocycles. The summed E-state index contributed by atoms with van der Waals surface area (Å²) in [4.78, 5) is 10.9. The van der Waals surface area contributed by atoms with Crippen molar-refractivity contribution in [3.05, 3.63) is 34.5 Å². The Morgan fingerprint density at radius 1 is 1.31 bits per heavy atom. The SMILES string of the molecule is CC(=O)N([O-])c1c(C)cccc1C. The standard InChI is InChI=1S/C10H12NO2/c1-7-5-4-6-8(2)10(7)11(13)9(3)12/h4-6H,1-3H3/q-1. The van der Waals surface area contributed by atoms with Crippen LogP contribution in [0.4, 0.5) is 5.69 Å². The summed E-state index contributed by atoms with van der Waals surface area (Å²) in [5, 5.41) is 11.8. The van der Waals surface area contributed by atoms with Gasteiger partial charge in [0, 0.05) is 12.6 Å². The van der Waals surface area contributed by atoms with Crippen molar-refractivity contribution in [2.75, 3.05) is 5.06 Å². The Bertz CT molecular complexity index is 313. The zero-order valence-electron chi connectivity index (χ0n) is 8.00. The van der Waals surface area contributed by atoms with Crippen molar-refractivity contribution in [1.82, 2.24) is 0 Å². The second-order valence-electron chi connectivity index (χ2n) is 3.05. The highest BCUT2D eigenvalue weighted by Crippen LogP contribution is 2.23. The highest BCUT2D eigenvalue weighted by molar-refractivity contribution is 5.93. The van der Waals surface area contributed by atoms with Crippen molar-refractivity contribution in [3.63, 3.8) is 0 Å². The van der Waals surface area contributed by atoms with Crippen LogP contribution in [0.3, 0.4) is 0 Å². The Hall–Kier alpha value is -1.35. The number of amides is 1. The monoisotopic (exact) mass is 178 g/mol. The van der Waals surface area contributed by atoms with Crippen LogP contribution >= 0.6 is 0 Å². The first kappa shape index (κ1) is 9.74. The van der Waals surface area contributed by atoms with E-state index in [0.717, 1.165) is 11.1 Å². The highest BCUT2D eigenvalue weighted by Gasteiger charge is 2.05. The number of hydrogen-bond donors (Lipinski definition) is 0. The molecule has 70 valence electrons. The summed E-state index contributed by atoms with van der Waals surface area (Å²) in [5.74, 6) is -0.489. The van der Waals surface area contributed by atoms with Crippen molar-refractivity contribution in [3.8, 4) is 0 Å². The lowest BCUT2D eigenvalue weighted by atomic mass is 10.1. The molecule has 0 N–H and O–H groups in total. The van der Waals surface area contributed by atoms with Crippen LogP contribution < -0.4 is 5.06 Å². The first-order chi connectivity index (χ1) is 6.04. The molecule has 0 aromatic heterocycles. The van der Waals surface area contributed by atoms with Gasteiger partial charge in [-0.1, -0.05) is 18.2 Å². The van der Waals surface area contributed by atoms with Gasteiger partial charge < -0.3 is 10.3 Å². The van der Waals surface area contributed by atoms with Gasteiger partial charge in [0.1, 0.15) is 0 Å². The molecule has 1 aromatic rings. The molecule has 3 heteroatoms. The molecule has 0 aliphatic heterocycles. The van der Waals surface area contributed by atoms with Crippen LogP contribution in [-0.4, -0.2) is 5.91 Å². The van der Waals surface area contributed by atoms with Gasteiger partial charge in [0.25, 0.3) is 0 Å². The average molecular weight is 178 g/mol. The van der Waals surface area contributed by atoms with Crippen molar-refractivity contribution < 1.29 is 4.79 Å². The van der Waals surface area contributed by atoms with Crippen molar-refractivity contribution in [2.24, 2.45) is 0 Å². The predicted molar refractivity (Wildman–Crippen MR) is 52.4 cm³/mol. The van der Waals surface area contributed by atoms with Crippen LogP contribution in [0, 0.1) is 19.1 Å². The van der Waals surface area contributed by atoms with E-state index in [1.54, 1.807) is 0 Å². The third kappa shape index (κ3) is 1.87.